The van der Waals surface area contributed by atoms with Crippen molar-refractivity contribution in [1.82, 2.24) is 9.88 Å². The van der Waals surface area contributed by atoms with E-state index in [0.29, 0.717) is 0 Å². The van der Waals surface area contributed by atoms with Crippen LogP contribution in [-0.2, 0) is 6.54 Å². The van der Waals surface area contributed by atoms with Gasteiger partial charge in [-0.25, -0.2) is 0 Å². The van der Waals surface area contributed by atoms with E-state index in [4.69, 9.17) is 9.47 Å². The van der Waals surface area contributed by atoms with Crippen molar-refractivity contribution in [3.8, 4) is 11.5 Å². The second-order valence-corrected chi connectivity index (χ2v) is 7.87. The molecule has 4 heteroatoms. The third-order valence-electron chi connectivity index (χ3n) is 4.83. The number of pyridine rings is 1. The lowest BCUT2D eigenvalue weighted by atomic mass is 9.82. The summed E-state index contributed by atoms with van der Waals surface area (Å²) in [6.45, 7) is 10.3. The fourth-order valence-corrected chi connectivity index (χ4v) is 3.62. The summed E-state index contributed by atoms with van der Waals surface area (Å²) in [4.78, 5) is 6.57. The molecule has 0 bridgehead atoms. The summed E-state index contributed by atoms with van der Waals surface area (Å²) in [5.41, 5.74) is 1.43. The topological polar surface area (TPSA) is 34.6 Å². The molecule has 0 spiro atoms. The number of piperidine rings is 1. The Kier molecular flexibility index (Phi) is 6.15. The van der Waals surface area contributed by atoms with Crippen molar-refractivity contribution in [3.63, 3.8) is 0 Å². The minimum atomic E-state index is 0.162. The maximum absolute atomic E-state index is 6.03. The number of benzene rings is 1. The smallest absolute Gasteiger partial charge is 0.124 e. The zero-order chi connectivity index (χ0) is 18.4. The second kappa shape index (κ2) is 8.54. The van der Waals surface area contributed by atoms with Gasteiger partial charge in [-0.2, -0.15) is 0 Å². The Balaban J connectivity index is 1.61. The van der Waals surface area contributed by atoms with Gasteiger partial charge >= 0.3 is 0 Å². The summed E-state index contributed by atoms with van der Waals surface area (Å²) < 4.78 is 12.0. The summed E-state index contributed by atoms with van der Waals surface area (Å²) >= 11 is 0. The van der Waals surface area contributed by atoms with E-state index < -0.39 is 0 Å². The molecule has 0 saturated carbocycles. The number of hydrogen-bond donors (Lipinski definition) is 0. The molecular formula is C22H30N2O2. The third-order valence-corrected chi connectivity index (χ3v) is 4.83. The highest BCUT2D eigenvalue weighted by Crippen LogP contribution is 2.32. The maximum atomic E-state index is 6.03. The number of nitrogens with zero attached hydrogens (tertiary/aromatic N) is 2. The molecule has 1 atom stereocenters. The lowest BCUT2D eigenvalue weighted by Gasteiger charge is -2.40. The Morgan fingerprint density at radius 1 is 1.15 bits per heavy atom. The molecular weight excluding hydrogens is 324 g/mol. The van der Waals surface area contributed by atoms with E-state index >= 15 is 0 Å². The largest absolute Gasteiger partial charge is 0.493 e. The van der Waals surface area contributed by atoms with E-state index in [0.717, 1.165) is 37.7 Å². The molecule has 26 heavy (non-hydrogen) atoms. The fourth-order valence-electron chi connectivity index (χ4n) is 3.62. The zero-order valence-corrected chi connectivity index (χ0v) is 16.1. The average molecular weight is 354 g/mol. The van der Waals surface area contributed by atoms with E-state index in [2.05, 4.69) is 48.9 Å². The van der Waals surface area contributed by atoms with E-state index in [1.807, 2.05) is 18.2 Å². The molecule has 0 unspecified atom stereocenters. The Labute approximate surface area is 157 Å². The van der Waals surface area contributed by atoms with Crippen LogP contribution in [0.3, 0.4) is 0 Å². The lowest BCUT2D eigenvalue weighted by molar-refractivity contribution is 0.0516. The number of para-hydroxylation sites is 1. The van der Waals surface area contributed by atoms with Crippen LogP contribution in [0.2, 0.25) is 0 Å². The Bertz CT molecular complexity index is 690. The molecule has 1 aromatic heterocycles. The first-order valence-electron chi connectivity index (χ1n) is 9.54. The molecule has 1 fully saturated rings. The van der Waals surface area contributed by atoms with Gasteiger partial charge in [-0.1, -0.05) is 25.1 Å². The molecule has 0 radical (unpaired) electrons. The maximum Gasteiger partial charge on any atom is 0.124 e. The molecule has 2 heterocycles. The number of likely N-dealkylation sites (tertiary alicyclic amines) is 1. The van der Waals surface area contributed by atoms with Gasteiger partial charge in [0.15, 0.2) is 0 Å². The summed E-state index contributed by atoms with van der Waals surface area (Å²) in [6, 6.07) is 12.2. The van der Waals surface area contributed by atoms with Gasteiger partial charge in [-0.15, -0.1) is 0 Å². The summed E-state index contributed by atoms with van der Waals surface area (Å²) in [5, 5.41) is 0. The molecule has 1 aromatic carbocycles. The van der Waals surface area contributed by atoms with Crippen LogP contribution in [0.4, 0.5) is 0 Å². The van der Waals surface area contributed by atoms with Crippen molar-refractivity contribution in [1.29, 1.82) is 0 Å². The molecule has 3 rings (SSSR count). The molecule has 4 nitrogen and oxygen atoms in total. The molecule has 0 amide bonds. The zero-order valence-electron chi connectivity index (χ0n) is 16.1. The van der Waals surface area contributed by atoms with Crippen LogP contribution in [0.15, 0.2) is 48.8 Å². The highest BCUT2D eigenvalue weighted by molar-refractivity contribution is 5.33. The minimum Gasteiger partial charge on any atom is -0.493 e. The highest BCUT2D eigenvalue weighted by atomic mass is 16.5. The standard InChI is InChI=1S/C22H30N2O2/c1-18(2)26-21-8-5-4-7-19(21)15-24-14-6-11-22(3,16-24)17-25-20-9-12-23-13-10-20/h4-5,7-10,12-13,18H,6,11,14-17H2,1-3H3/t22-/m0/s1. The molecule has 1 aliphatic heterocycles. The normalized spacial score (nSPS) is 20.9. The first kappa shape index (κ1) is 18.7. The third kappa shape index (κ3) is 5.21. The van der Waals surface area contributed by atoms with Crippen LogP contribution in [0, 0.1) is 5.41 Å². The van der Waals surface area contributed by atoms with Crippen LogP contribution in [-0.4, -0.2) is 35.7 Å². The first-order chi connectivity index (χ1) is 12.5. The second-order valence-electron chi connectivity index (χ2n) is 7.87. The Hall–Kier alpha value is -2.07. The number of hydrogen-bond acceptors (Lipinski definition) is 4. The molecule has 2 aromatic rings. The SMILES string of the molecule is CC(C)Oc1ccccc1CN1CCC[C@](C)(COc2ccncc2)C1. The summed E-state index contributed by atoms with van der Waals surface area (Å²) in [5.74, 6) is 1.90. The molecule has 140 valence electrons. The predicted octanol–water partition coefficient (Wildman–Crippen LogP) is 4.55. The van der Waals surface area contributed by atoms with Crippen LogP contribution < -0.4 is 9.47 Å². The number of rotatable bonds is 7. The van der Waals surface area contributed by atoms with Crippen molar-refractivity contribution in [2.75, 3.05) is 19.7 Å². The molecule has 0 aliphatic carbocycles. The summed E-state index contributed by atoms with van der Waals surface area (Å²) in [6.07, 6.45) is 6.13. The monoisotopic (exact) mass is 354 g/mol. The van der Waals surface area contributed by atoms with Crippen molar-refractivity contribution >= 4 is 0 Å². The fraction of sp³-hybridized carbons (Fsp3) is 0.500. The molecule has 1 aliphatic rings. The van der Waals surface area contributed by atoms with Gasteiger partial charge in [0.1, 0.15) is 11.5 Å². The van der Waals surface area contributed by atoms with Gasteiger partial charge in [-0.3, -0.25) is 9.88 Å². The predicted molar refractivity (Wildman–Crippen MR) is 105 cm³/mol. The highest BCUT2D eigenvalue weighted by Gasteiger charge is 2.32. The van der Waals surface area contributed by atoms with Crippen molar-refractivity contribution in [2.45, 2.75) is 46.3 Å². The van der Waals surface area contributed by atoms with Crippen LogP contribution in [0.5, 0.6) is 11.5 Å². The van der Waals surface area contributed by atoms with Crippen LogP contribution >= 0.6 is 0 Å². The first-order valence-corrected chi connectivity index (χ1v) is 9.54. The van der Waals surface area contributed by atoms with Crippen molar-refractivity contribution in [3.05, 3.63) is 54.4 Å². The van der Waals surface area contributed by atoms with Gasteiger partial charge < -0.3 is 9.47 Å². The number of ether oxygens (including phenoxy) is 2. The number of aromatic nitrogens is 1. The van der Waals surface area contributed by atoms with Gasteiger partial charge in [0.2, 0.25) is 0 Å². The lowest BCUT2D eigenvalue weighted by Crippen LogP contribution is -2.44. The Morgan fingerprint density at radius 3 is 2.69 bits per heavy atom. The van der Waals surface area contributed by atoms with E-state index in [1.54, 1.807) is 12.4 Å². The van der Waals surface area contributed by atoms with E-state index in [1.165, 1.54) is 18.4 Å². The van der Waals surface area contributed by atoms with Gasteiger partial charge in [0.05, 0.1) is 12.7 Å². The van der Waals surface area contributed by atoms with Crippen molar-refractivity contribution in [2.24, 2.45) is 5.41 Å². The van der Waals surface area contributed by atoms with Crippen LogP contribution in [0.25, 0.3) is 0 Å². The molecule has 1 saturated heterocycles. The van der Waals surface area contributed by atoms with Gasteiger partial charge in [0.25, 0.3) is 0 Å². The van der Waals surface area contributed by atoms with Crippen molar-refractivity contribution < 1.29 is 9.47 Å². The van der Waals surface area contributed by atoms with E-state index in [-0.39, 0.29) is 11.5 Å². The van der Waals surface area contributed by atoms with Crippen LogP contribution in [0.1, 0.15) is 39.2 Å². The average Bonchev–Trinajstić information content (AvgIpc) is 2.62. The summed E-state index contributed by atoms with van der Waals surface area (Å²) in [7, 11) is 0. The quantitative estimate of drug-likeness (QED) is 0.730. The molecule has 0 N–H and O–H groups in total. The van der Waals surface area contributed by atoms with Gasteiger partial charge in [0, 0.05) is 36.5 Å². The minimum absolute atomic E-state index is 0.162. The van der Waals surface area contributed by atoms with E-state index in [9.17, 15) is 0 Å². The Morgan fingerprint density at radius 2 is 1.92 bits per heavy atom. The van der Waals surface area contributed by atoms with Gasteiger partial charge in [-0.05, 0) is 51.4 Å².